The van der Waals surface area contributed by atoms with Crippen molar-refractivity contribution in [3.05, 3.63) is 12.7 Å². The largest absolute Gasteiger partial charge is 0.393 e. The van der Waals surface area contributed by atoms with Gasteiger partial charge in [0.2, 0.25) is 0 Å². The van der Waals surface area contributed by atoms with Crippen molar-refractivity contribution in [1.29, 1.82) is 0 Å². The Morgan fingerprint density at radius 3 is 1.50 bits per heavy atom. The summed E-state index contributed by atoms with van der Waals surface area (Å²) in [6.45, 7) is 14.0. The smallest absolute Gasteiger partial charge is 0.0514 e. The molecule has 0 aliphatic rings. The Balaban J connectivity index is -0.000000163. The summed E-state index contributed by atoms with van der Waals surface area (Å²) in [7, 11) is 0. The maximum absolute atomic E-state index is 8.72. The van der Waals surface area contributed by atoms with Gasteiger partial charge in [-0.15, -0.1) is 6.58 Å². The van der Waals surface area contributed by atoms with Gasteiger partial charge < -0.3 is 5.11 Å². The first-order chi connectivity index (χ1) is 5.90. The molecule has 0 saturated heterocycles. The average Bonchev–Trinajstić information content (AvgIpc) is 1.83. The molecule has 0 aromatic rings. The molecular weight excluding hydrogens is 172 g/mol. The molecule has 0 aromatic carbocycles. The molecule has 0 bridgehead atoms. The Labute approximate surface area is 91.2 Å². The highest BCUT2D eigenvalue weighted by atomic mass is 16.3. The lowest BCUT2D eigenvalue weighted by atomic mass is 10.1. The van der Waals surface area contributed by atoms with Crippen molar-refractivity contribution in [2.75, 3.05) is 0 Å². The lowest BCUT2D eigenvalue weighted by Gasteiger charge is -2.04. The first-order valence-electron chi connectivity index (χ1n) is 5.19. The highest BCUT2D eigenvalue weighted by Crippen LogP contribution is 2.01. The Bertz CT molecular complexity index is 97.8. The fraction of sp³-hybridized carbons (Fsp3) is 0.846. The van der Waals surface area contributed by atoms with E-state index in [1.165, 1.54) is 0 Å². The zero-order valence-electron chi connectivity index (χ0n) is 9.88. The molecule has 1 heteroatoms. The van der Waals surface area contributed by atoms with Gasteiger partial charge in [-0.3, -0.25) is 0 Å². The summed E-state index contributed by atoms with van der Waals surface area (Å²) in [5, 5.41) is 8.72. The number of hydrogen-bond acceptors (Lipinski definition) is 1. The lowest BCUT2D eigenvalue weighted by molar-refractivity contribution is 0.168. The molecule has 1 N–H and O–H groups in total. The van der Waals surface area contributed by atoms with Gasteiger partial charge in [0.25, 0.3) is 0 Å². The third-order valence-electron chi connectivity index (χ3n) is 1.45. The zero-order valence-corrected chi connectivity index (χ0v) is 9.88. The van der Waals surface area contributed by atoms with Crippen molar-refractivity contribution < 1.29 is 5.11 Å². The van der Waals surface area contributed by atoms with Crippen LogP contribution in [0, 0.1) is 11.8 Å². The second-order valence-electron chi connectivity index (χ2n) is 4.40. The predicted molar refractivity (Wildman–Crippen MR) is 67.5 cm³/mol. The molecule has 88 valence electrons. The number of allylic oxidation sites excluding steroid dienone is 1. The van der Waals surface area contributed by atoms with Crippen LogP contribution in [0.15, 0.2) is 12.7 Å². The van der Waals surface area contributed by atoms with Crippen molar-refractivity contribution in [2.45, 2.75) is 61.0 Å². The van der Waals surface area contributed by atoms with Crippen LogP contribution in [0.25, 0.3) is 0 Å². The molecule has 0 fully saturated rings. The summed E-state index contributed by atoms with van der Waals surface area (Å²) >= 11 is 0. The van der Waals surface area contributed by atoms with Gasteiger partial charge in [0, 0.05) is 0 Å². The Morgan fingerprint density at radius 1 is 1.07 bits per heavy atom. The van der Waals surface area contributed by atoms with Gasteiger partial charge in [-0.05, 0) is 31.6 Å². The van der Waals surface area contributed by atoms with Crippen molar-refractivity contribution in [3.63, 3.8) is 0 Å². The van der Waals surface area contributed by atoms with Crippen LogP contribution in [-0.4, -0.2) is 11.2 Å². The van der Waals surface area contributed by atoms with Gasteiger partial charge in [0.15, 0.2) is 0 Å². The van der Waals surface area contributed by atoms with Crippen LogP contribution in [0.3, 0.4) is 0 Å². The normalized spacial score (nSPS) is 11.4. The molecule has 0 amide bonds. The van der Waals surface area contributed by atoms with Crippen molar-refractivity contribution in [1.82, 2.24) is 0 Å². The SMILES string of the molecule is C.C=CCC(C)C.CC(C)CC(C)O. The molecule has 0 saturated carbocycles. The summed E-state index contributed by atoms with van der Waals surface area (Å²) in [6, 6.07) is 0. The first kappa shape index (κ1) is 19.3. The maximum Gasteiger partial charge on any atom is 0.0514 e. The summed E-state index contributed by atoms with van der Waals surface area (Å²) in [4.78, 5) is 0. The van der Waals surface area contributed by atoms with Gasteiger partial charge in [0.1, 0.15) is 0 Å². The van der Waals surface area contributed by atoms with Crippen LogP contribution >= 0.6 is 0 Å². The molecule has 0 rings (SSSR count). The van der Waals surface area contributed by atoms with E-state index in [1.807, 2.05) is 13.0 Å². The summed E-state index contributed by atoms with van der Waals surface area (Å²) in [6.07, 6.45) is 3.88. The zero-order chi connectivity index (χ0) is 10.9. The minimum absolute atomic E-state index is 0. The molecule has 14 heavy (non-hydrogen) atoms. The molecule has 0 spiro atoms. The van der Waals surface area contributed by atoms with Crippen LogP contribution in [0.2, 0.25) is 0 Å². The van der Waals surface area contributed by atoms with E-state index in [2.05, 4.69) is 34.3 Å². The van der Waals surface area contributed by atoms with E-state index in [0.717, 1.165) is 18.8 Å². The number of aliphatic hydroxyl groups is 1. The van der Waals surface area contributed by atoms with E-state index in [-0.39, 0.29) is 13.5 Å². The molecule has 0 aliphatic heterocycles. The van der Waals surface area contributed by atoms with Crippen LogP contribution < -0.4 is 0 Å². The summed E-state index contributed by atoms with van der Waals surface area (Å²) in [5.41, 5.74) is 0. The van der Waals surface area contributed by atoms with Crippen LogP contribution in [-0.2, 0) is 0 Å². The minimum atomic E-state index is -0.125. The third-order valence-corrected chi connectivity index (χ3v) is 1.45. The monoisotopic (exact) mass is 202 g/mol. The molecular formula is C13H30O. The standard InChI is InChI=1S/C6H14O.C6H12.CH4/c1-5(2)4-6(3)7;1-4-5-6(2)3;/h5-7H,4H2,1-3H3;4,6H,1,5H2,2-3H3;1H4. The highest BCUT2D eigenvalue weighted by molar-refractivity contribution is 4.67. The molecule has 0 aromatic heterocycles. The van der Waals surface area contributed by atoms with Gasteiger partial charge >= 0.3 is 0 Å². The maximum atomic E-state index is 8.72. The third kappa shape index (κ3) is 29.8. The van der Waals surface area contributed by atoms with Crippen molar-refractivity contribution in [2.24, 2.45) is 11.8 Å². The van der Waals surface area contributed by atoms with E-state index in [4.69, 9.17) is 5.11 Å². The Kier molecular flexibility index (Phi) is 17.5. The highest BCUT2D eigenvalue weighted by Gasteiger charge is 1.97. The van der Waals surface area contributed by atoms with E-state index < -0.39 is 0 Å². The Hall–Kier alpha value is -0.300. The number of hydrogen-bond donors (Lipinski definition) is 1. The number of rotatable bonds is 4. The quantitative estimate of drug-likeness (QED) is 0.675. The molecule has 1 nitrogen and oxygen atoms in total. The summed E-state index contributed by atoms with van der Waals surface area (Å²) < 4.78 is 0. The van der Waals surface area contributed by atoms with E-state index >= 15 is 0 Å². The fourth-order valence-corrected chi connectivity index (χ4v) is 1.02. The first-order valence-corrected chi connectivity index (χ1v) is 5.19. The number of aliphatic hydroxyl groups excluding tert-OH is 1. The molecule has 0 radical (unpaired) electrons. The van der Waals surface area contributed by atoms with Crippen molar-refractivity contribution in [3.8, 4) is 0 Å². The molecule has 1 unspecified atom stereocenters. The van der Waals surface area contributed by atoms with Gasteiger partial charge in [-0.25, -0.2) is 0 Å². The van der Waals surface area contributed by atoms with Crippen molar-refractivity contribution >= 4 is 0 Å². The second kappa shape index (κ2) is 12.7. The molecule has 0 aliphatic carbocycles. The van der Waals surface area contributed by atoms with Gasteiger partial charge in [-0.2, -0.15) is 0 Å². The van der Waals surface area contributed by atoms with Gasteiger partial charge in [0.05, 0.1) is 6.10 Å². The molecule has 1 atom stereocenters. The van der Waals surface area contributed by atoms with Gasteiger partial charge in [-0.1, -0.05) is 41.2 Å². The predicted octanol–water partition coefficient (Wildman–Crippen LogP) is 4.27. The lowest BCUT2D eigenvalue weighted by Crippen LogP contribution is -2.03. The van der Waals surface area contributed by atoms with E-state index in [0.29, 0.717) is 5.92 Å². The minimum Gasteiger partial charge on any atom is -0.393 e. The topological polar surface area (TPSA) is 20.2 Å². The van der Waals surface area contributed by atoms with Crippen LogP contribution in [0.4, 0.5) is 0 Å². The Morgan fingerprint density at radius 2 is 1.50 bits per heavy atom. The van der Waals surface area contributed by atoms with E-state index in [9.17, 15) is 0 Å². The van der Waals surface area contributed by atoms with Crippen LogP contribution in [0.5, 0.6) is 0 Å². The van der Waals surface area contributed by atoms with Crippen LogP contribution in [0.1, 0.15) is 54.9 Å². The summed E-state index contributed by atoms with van der Waals surface area (Å²) in [5.74, 6) is 1.41. The fourth-order valence-electron chi connectivity index (χ4n) is 1.02. The second-order valence-corrected chi connectivity index (χ2v) is 4.40. The van der Waals surface area contributed by atoms with E-state index in [1.54, 1.807) is 0 Å². The molecule has 0 heterocycles. The average molecular weight is 202 g/mol.